The summed E-state index contributed by atoms with van der Waals surface area (Å²) in [4.78, 5) is 0.228. The lowest BCUT2D eigenvalue weighted by Gasteiger charge is -2.18. The molecular formula is C9H16ClN3O2S. The zero-order chi connectivity index (χ0) is 12.2. The van der Waals surface area contributed by atoms with Crippen molar-refractivity contribution >= 4 is 21.6 Å². The number of alkyl halides is 1. The van der Waals surface area contributed by atoms with Crippen molar-refractivity contribution in [1.82, 2.24) is 14.1 Å². The minimum absolute atomic E-state index is 0.228. The van der Waals surface area contributed by atoms with E-state index in [9.17, 15) is 8.42 Å². The zero-order valence-corrected chi connectivity index (χ0v) is 11.0. The average molecular weight is 266 g/mol. The molecule has 0 spiro atoms. The van der Waals surface area contributed by atoms with Gasteiger partial charge < -0.3 is 0 Å². The van der Waals surface area contributed by atoms with Crippen LogP contribution >= 0.6 is 11.6 Å². The summed E-state index contributed by atoms with van der Waals surface area (Å²) in [6.07, 6.45) is 3.51. The molecule has 1 heterocycles. The molecule has 0 N–H and O–H groups in total. The van der Waals surface area contributed by atoms with Crippen LogP contribution in [-0.4, -0.2) is 41.5 Å². The molecule has 0 unspecified atom stereocenters. The number of rotatable bonds is 6. The van der Waals surface area contributed by atoms with Gasteiger partial charge in [-0.3, -0.25) is 4.68 Å². The third-order valence-corrected chi connectivity index (χ3v) is 4.41. The second-order valence-electron chi connectivity index (χ2n) is 3.39. The first-order chi connectivity index (χ1) is 7.52. The Hall–Kier alpha value is -0.590. The molecule has 0 radical (unpaired) electrons. The molecule has 92 valence electrons. The molecule has 0 aliphatic carbocycles. The summed E-state index contributed by atoms with van der Waals surface area (Å²) in [5, 5.41) is 3.86. The van der Waals surface area contributed by atoms with Crippen molar-refractivity contribution in [3.05, 3.63) is 12.4 Å². The minimum Gasteiger partial charge on any atom is -0.274 e. The Morgan fingerprint density at radius 2 is 2.25 bits per heavy atom. The summed E-state index contributed by atoms with van der Waals surface area (Å²) in [6, 6.07) is 0. The molecule has 1 aromatic rings. The average Bonchev–Trinajstić information content (AvgIpc) is 2.66. The number of hydrogen-bond acceptors (Lipinski definition) is 3. The molecule has 0 aliphatic heterocycles. The number of halogens is 1. The van der Waals surface area contributed by atoms with Crippen molar-refractivity contribution in [2.24, 2.45) is 7.05 Å². The summed E-state index contributed by atoms with van der Waals surface area (Å²) in [5.41, 5.74) is 0. The number of hydrogen-bond donors (Lipinski definition) is 0. The smallest absolute Gasteiger partial charge is 0.246 e. The van der Waals surface area contributed by atoms with Crippen LogP contribution in [0.25, 0.3) is 0 Å². The number of aryl methyl sites for hydroxylation is 1. The van der Waals surface area contributed by atoms with Crippen molar-refractivity contribution in [3.63, 3.8) is 0 Å². The molecule has 0 atom stereocenters. The largest absolute Gasteiger partial charge is 0.274 e. The molecule has 0 fully saturated rings. The number of nitrogens with zero attached hydrogens (tertiary/aromatic N) is 3. The van der Waals surface area contributed by atoms with Crippen LogP contribution in [0.2, 0.25) is 0 Å². The topological polar surface area (TPSA) is 55.2 Å². The van der Waals surface area contributed by atoms with Crippen molar-refractivity contribution in [3.8, 4) is 0 Å². The summed E-state index contributed by atoms with van der Waals surface area (Å²) >= 11 is 5.56. The highest BCUT2D eigenvalue weighted by molar-refractivity contribution is 7.89. The van der Waals surface area contributed by atoms with Crippen molar-refractivity contribution < 1.29 is 8.42 Å². The summed E-state index contributed by atoms with van der Waals surface area (Å²) < 4.78 is 27.1. The second-order valence-corrected chi connectivity index (χ2v) is 5.70. The molecule has 0 saturated heterocycles. The molecule has 0 bridgehead atoms. The van der Waals surface area contributed by atoms with E-state index in [0.717, 1.165) is 0 Å². The van der Waals surface area contributed by atoms with E-state index in [1.807, 2.05) is 6.92 Å². The quantitative estimate of drug-likeness (QED) is 0.723. The van der Waals surface area contributed by atoms with E-state index in [0.29, 0.717) is 25.4 Å². The molecule has 5 nitrogen and oxygen atoms in total. The van der Waals surface area contributed by atoms with Crippen molar-refractivity contribution in [2.45, 2.75) is 18.2 Å². The first kappa shape index (κ1) is 13.5. The Balaban J connectivity index is 2.90. The van der Waals surface area contributed by atoms with Crippen LogP contribution < -0.4 is 0 Å². The van der Waals surface area contributed by atoms with Crippen LogP contribution in [0, 0.1) is 0 Å². The van der Waals surface area contributed by atoms with Crippen LogP contribution in [0.1, 0.15) is 13.3 Å². The fourth-order valence-electron chi connectivity index (χ4n) is 1.37. The lowest BCUT2D eigenvalue weighted by molar-refractivity contribution is 0.428. The van der Waals surface area contributed by atoms with Gasteiger partial charge in [-0.05, 0) is 6.42 Å². The highest BCUT2D eigenvalue weighted by Gasteiger charge is 2.23. The van der Waals surface area contributed by atoms with Gasteiger partial charge in [0.2, 0.25) is 10.0 Å². The Morgan fingerprint density at radius 1 is 1.56 bits per heavy atom. The Kier molecular flexibility index (Phi) is 4.76. The minimum atomic E-state index is -3.41. The molecule has 1 aromatic heterocycles. The standard InChI is InChI=1S/C9H16ClN3O2S/c1-3-13(6-4-5-10)16(14,15)9-7-11-12(2)8-9/h7-8H,3-6H2,1-2H3. The van der Waals surface area contributed by atoms with E-state index < -0.39 is 10.0 Å². The van der Waals surface area contributed by atoms with Crippen LogP contribution in [0.4, 0.5) is 0 Å². The maximum absolute atomic E-state index is 12.1. The van der Waals surface area contributed by atoms with E-state index in [1.54, 1.807) is 7.05 Å². The normalized spacial score (nSPS) is 12.2. The maximum atomic E-state index is 12.1. The summed E-state index contributed by atoms with van der Waals surface area (Å²) in [6.45, 7) is 2.69. The first-order valence-electron chi connectivity index (χ1n) is 5.07. The van der Waals surface area contributed by atoms with Crippen LogP contribution in [-0.2, 0) is 17.1 Å². The van der Waals surface area contributed by atoms with Gasteiger partial charge in [0.15, 0.2) is 0 Å². The summed E-state index contributed by atoms with van der Waals surface area (Å²) in [7, 11) is -1.72. The van der Waals surface area contributed by atoms with E-state index in [2.05, 4.69) is 5.10 Å². The third-order valence-electron chi connectivity index (χ3n) is 2.21. The van der Waals surface area contributed by atoms with Gasteiger partial charge in [-0.15, -0.1) is 11.6 Å². The predicted molar refractivity (Wildman–Crippen MR) is 63.0 cm³/mol. The van der Waals surface area contributed by atoms with E-state index in [-0.39, 0.29) is 4.90 Å². The van der Waals surface area contributed by atoms with Crippen LogP contribution in [0.3, 0.4) is 0 Å². The van der Waals surface area contributed by atoms with Crippen molar-refractivity contribution in [1.29, 1.82) is 0 Å². The highest BCUT2D eigenvalue weighted by Crippen LogP contribution is 2.14. The molecule has 7 heteroatoms. The monoisotopic (exact) mass is 265 g/mol. The molecule has 16 heavy (non-hydrogen) atoms. The van der Waals surface area contributed by atoms with Gasteiger partial charge in [0.05, 0.1) is 6.20 Å². The highest BCUT2D eigenvalue weighted by atomic mass is 35.5. The van der Waals surface area contributed by atoms with Gasteiger partial charge in [-0.2, -0.15) is 9.40 Å². The second kappa shape index (κ2) is 5.65. The zero-order valence-electron chi connectivity index (χ0n) is 9.43. The van der Waals surface area contributed by atoms with Crippen LogP contribution in [0.15, 0.2) is 17.3 Å². The van der Waals surface area contributed by atoms with Crippen LogP contribution in [0.5, 0.6) is 0 Å². The Labute approximate surface area is 101 Å². The van der Waals surface area contributed by atoms with Gasteiger partial charge in [0.1, 0.15) is 4.90 Å². The lowest BCUT2D eigenvalue weighted by atomic mass is 10.5. The third kappa shape index (κ3) is 2.96. The molecule has 0 saturated carbocycles. The summed E-state index contributed by atoms with van der Waals surface area (Å²) in [5.74, 6) is 0.457. The Morgan fingerprint density at radius 3 is 2.69 bits per heavy atom. The van der Waals surface area contributed by atoms with Gasteiger partial charge in [-0.1, -0.05) is 6.92 Å². The molecule has 1 rings (SSSR count). The van der Waals surface area contributed by atoms with Gasteiger partial charge in [0, 0.05) is 32.2 Å². The lowest BCUT2D eigenvalue weighted by Crippen LogP contribution is -2.31. The predicted octanol–water partition coefficient (Wildman–Crippen LogP) is 1.06. The van der Waals surface area contributed by atoms with Gasteiger partial charge in [0.25, 0.3) is 0 Å². The van der Waals surface area contributed by atoms with Crippen molar-refractivity contribution in [2.75, 3.05) is 19.0 Å². The fourth-order valence-corrected chi connectivity index (χ4v) is 2.96. The molecule has 0 amide bonds. The number of aromatic nitrogens is 2. The SMILES string of the molecule is CCN(CCCCl)S(=O)(=O)c1cnn(C)c1. The first-order valence-corrected chi connectivity index (χ1v) is 7.04. The number of sulfonamides is 1. The van der Waals surface area contributed by atoms with E-state index in [1.165, 1.54) is 21.4 Å². The van der Waals surface area contributed by atoms with Gasteiger partial charge >= 0.3 is 0 Å². The van der Waals surface area contributed by atoms with E-state index in [4.69, 9.17) is 11.6 Å². The molecule has 0 aliphatic rings. The molecule has 0 aromatic carbocycles. The van der Waals surface area contributed by atoms with Gasteiger partial charge in [-0.25, -0.2) is 8.42 Å². The fraction of sp³-hybridized carbons (Fsp3) is 0.667. The Bertz CT molecular complexity index is 430. The maximum Gasteiger partial charge on any atom is 0.246 e. The molecular weight excluding hydrogens is 250 g/mol. The van der Waals surface area contributed by atoms with E-state index >= 15 is 0 Å².